The average Bonchev–Trinajstić information content (AvgIpc) is 2.91. The number of esters is 7. The number of carbonyl (C=O) groups excluding carboxylic acids is 7. The van der Waals surface area contributed by atoms with Crippen molar-refractivity contribution in [3.8, 4) is 0 Å². The van der Waals surface area contributed by atoms with Crippen molar-refractivity contribution in [2.75, 3.05) is 13.2 Å². The van der Waals surface area contributed by atoms with Crippen LogP contribution in [0.3, 0.4) is 0 Å². The monoisotopic (exact) mass is 661 g/mol. The molecule has 10 atom stereocenters. The topological polar surface area (TPSA) is 261 Å². The molecule has 20 heteroatoms. The summed E-state index contributed by atoms with van der Waals surface area (Å²) < 4.78 is 54.8. The molecule has 0 aromatic rings. The third kappa shape index (κ3) is 11.1. The lowest BCUT2D eigenvalue weighted by molar-refractivity contribution is -0.344. The van der Waals surface area contributed by atoms with Gasteiger partial charge < -0.3 is 47.4 Å². The number of nitrogens with zero attached hydrogens (tertiary/aromatic N) is 3. The summed E-state index contributed by atoms with van der Waals surface area (Å²) in [6, 6.07) is 0. The van der Waals surface area contributed by atoms with E-state index in [0.717, 1.165) is 48.5 Å². The minimum Gasteiger partial charge on any atom is -0.463 e. The van der Waals surface area contributed by atoms with E-state index in [9.17, 15) is 33.6 Å². The lowest BCUT2D eigenvalue weighted by Gasteiger charge is -2.48. The minimum atomic E-state index is -1.82. The first kappa shape index (κ1) is 37.7. The first-order valence-corrected chi connectivity index (χ1v) is 13.7. The van der Waals surface area contributed by atoms with E-state index >= 15 is 0 Å². The molecule has 2 heterocycles. The Hall–Kier alpha value is -4.52. The fourth-order valence-electron chi connectivity index (χ4n) is 4.63. The van der Waals surface area contributed by atoms with E-state index in [1.54, 1.807) is 0 Å². The Morgan fingerprint density at radius 3 is 1.37 bits per heavy atom. The lowest BCUT2D eigenvalue weighted by atomic mass is 9.95. The van der Waals surface area contributed by atoms with Gasteiger partial charge in [-0.2, -0.15) is 0 Å². The maximum absolute atomic E-state index is 12.2. The van der Waals surface area contributed by atoms with Crippen molar-refractivity contribution in [2.24, 2.45) is 5.11 Å². The zero-order chi connectivity index (χ0) is 34.7. The second kappa shape index (κ2) is 17.2. The van der Waals surface area contributed by atoms with Crippen molar-refractivity contribution in [1.82, 2.24) is 0 Å². The van der Waals surface area contributed by atoms with Crippen LogP contribution in [0.5, 0.6) is 0 Å². The number of carbonyl (C=O) groups is 7. The Labute approximate surface area is 261 Å². The Bertz CT molecular complexity index is 1220. The minimum absolute atomic E-state index is 0.585. The first-order valence-electron chi connectivity index (χ1n) is 13.7. The summed E-state index contributed by atoms with van der Waals surface area (Å²) in [7, 11) is 0. The van der Waals surface area contributed by atoms with Crippen LogP contribution in [0.4, 0.5) is 0 Å². The number of hydrogen-bond donors (Lipinski definition) is 0. The van der Waals surface area contributed by atoms with Gasteiger partial charge in [-0.25, -0.2) is 0 Å². The second-order valence-corrected chi connectivity index (χ2v) is 9.89. The molecule has 2 saturated heterocycles. The summed E-state index contributed by atoms with van der Waals surface area (Å²) in [5.41, 5.74) is 9.13. The Kier molecular flexibility index (Phi) is 14.1. The zero-order valence-corrected chi connectivity index (χ0v) is 26.0. The summed E-state index contributed by atoms with van der Waals surface area (Å²) in [6.07, 6.45) is -16.1. The molecule has 0 aromatic carbocycles. The van der Waals surface area contributed by atoms with Crippen molar-refractivity contribution in [3.63, 3.8) is 0 Å². The summed E-state index contributed by atoms with van der Waals surface area (Å²) in [6.45, 7) is 6.05. The van der Waals surface area contributed by atoms with Crippen molar-refractivity contribution < 1.29 is 80.9 Å². The molecule has 0 amide bonds. The number of hydrogen-bond acceptors (Lipinski definition) is 18. The van der Waals surface area contributed by atoms with Gasteiger partial charge in [0.25, 0.3) is 0 Å². The smallest absolute Gasteiger partial charge is 0.303 e. The molecule has 20 nitrogen and oxygen atoms in total. The van der Waals surface area contributed by atoms with Gasteiger partial charge in [-0.3, -0.25) is 33.6 Å². The van der Waals surface area contributed by atoms with E-state index in [4.69, 9.17) is 52.9 Å². The van der Waals surface area contributed by atoms with Crippen LogP contribution in [-0.2, 0) is 80.9 Å². The molecule has 0 N–H and O–H groups in total. The molecule has 2 rings (SSSR count). The Morgan fingerprint density at radius 1 is 0.543 bits per heavy atom. The van der Waals surface area contributed by atoms with E-state index in [1.807, 2.05) is 0 Å². The largest absolute Gasteiger partial charge is 0.463 e. The predicted octanol–water partition coefficient (Wildman–Crippen LogP) is -0.0836. The van der Waals surface area contributed by atoms with Gasteiger partial charge in [0.15, 0.2) is 43.0 Å². The Balaban J connectivity index is 2.73. The van der Waals surface area contributed by atoms with Gasteiger partial charge in [-0.1, -0.05) is 5.11 Å². The van der Waals surface area contributed by atoms with Gasteiger partial charge in [-0.15, -0.1) is 0 Å². The fraction of sp³-hybridized carbons (Fsp3) is 0.731. The highest BCUT2D eigenvalue weighted by atomic mass is 16.8. The van der Waals surface area contributed by atoms with Crippen LogP contribution < -0.4 is 0 Å². The average molecular weight is 662 g/mol. The normalized spacial score (nSPS) is 30.3. The molecule has 46 heavy (non-hydrogen) atoms. The van der Waals surface area contributed by atoms with E-state index in [2.05, 4.69) is 10.0 Å². The van der Waals surface area contributed by atoms with Crippen LogP contribution in [0.1, 0.15) is 48.5 Å². The molecule has 0 radical (unpaired) electrons. The molecule has 0 aromatic heterocycles. The van der Waals surface area contributed by atoms with Gasteiger partial charge in [-0.05, 0) is 5.53 Å². The lowest BCUT2D eigenvalue weighted by Crippen LogP contribution is -2.67. The molecular formula is C26H35N3O17. The highest BCUT2D eigenvalue weighted by Crippen LogP contribution is 2.35. The van der Waals surface area contributed by atoms with E-state index in [0.29, 0.717) is 0 Å². The number of rotatable bonds is 12. The summed E-state index contributed by atoms with van der Waals surface area (Å²) in [4.78, 5) is 86.7. The molecule has 0 unspecified atom stereocenters. The highest BCUT2D eigenvalue weighted by Gasteiger charge is 2.57. The standard InChI is InChI=1S/C26H35N3O17/c1-10(30)37-8-17-20(21(40-13(4)33)23(42-15(6)35)25(44-17)28-29-27)46-26-24(43-16(7)36)22(41-14(5)34)19(39-12(3)32)18(45-26)9-38-11(2)31/h17-26H,8-9H2,1-7H3/t17-,18-,19+,20+,21-,22+,23-,24+,25+,26+/m0/s1. The van der Waals surface area contributed by atoms with Crippen LogP contribution in [0.15, 0.2) is 5.11 Å². The SMILES string of the molecule is CC(=O)OC[C@@H]1O[C@H](O[C@H]2[C@H](OC(C)=O)[C@H](OC(C)=O)[C@H](N=[N+]=[N-])O[C@H]2COC(C)=O)[C@H](OC(C)=O)[C@H](OC(C)=O)[C@@H]1OC(C)=O. The molecule has 0 spiro atoms. The van der Waals surface area contributed by atoms with Crippen LogP contribution in [0, 0.1) is 0 Å². The van der Waals surface area contributed by atoms with Gasteiger partial charge >= 0.3 is 41.8 Å². The van der Waals surface area contributed by atoms with E-state index in [1.165, 1.54) is 0 Å². The van der Waals surface area contributed by atoms with Crippen LogP contribution in [0.2, 0.25) is 0 Å². The highest BCUT2D eigenvalue weighted by molar-refractivity contribution is 5.69. The van der Waals surface area contributed by atoms with E-state index < -0.39 is 116 Å². The third-order valence-corrected chi connectivity index (χ3v) is 6.07. The number of ether oxygens (including phenoxy) is 10. The maximum atomic E-state index is 12.2. The van der Waals surface area contributed by atoms with Crippen molar-refractivity contribution in [2.45, 2.75) is 110 Å². The predicted molar refractivity (Wildman–Crippen MR) is 142 cm³/mol. The summed E-state index contributed by atoms with van der Waals surface area (Å²) in [5, 5.41) is 3.46. The van der Waals surface area contributed by atoms with Crippen LogP contribution in [-0.4, -0.2) is 116 Å². The molecule has 256 valence electrons. The first-order chi connectivity index (χ1) is 21.5. The number of azide groups is 1. The molecule has 2 fully saturated rings. The molecule has 0 bridgehead atoms. The second-order valence-electron chi connectivity index (χ2n) is 9.89. The van der Waals surface area contributed by atoms with Crippen LogP contribution >= 0.6 is 0 Å². The zero-order valence-electron chi connectivity index (χ0n) is 26.0. The quantitative estimate of drug-likeness (QED) is 0.0870. The maximum Gasteiger partial charge on any atom is 0.303 e. The van der Waals surface area contributed by atoms with E-state index in [-0.39, 0.29) is 0 Å². The molecule has 2 aliphatic rings. The van der Waals surface area contributed by atoms with Gasteiger partial charge in [0, 0.05) is 53.4 Å². The van der Waals surface area contributed by atoms with Crippen molar-refractivity contribution >= 4 is 41.8 Å². The van der Waals surface area contributed by atoms with Crippen molar-refractivity contribution in [1.29, 1.82) is 0 Å². The molecule has 0 saturated carbocycles. The third-order valence-electron chi connectivity index (χ3n) is 6.07. The van der Waals surface area contributed by atoms with Gasteiger partial charge in [0.1, 0.15) is 31.5 Å². The molecule has 2 aliphatic heterocycles. The molecule has 0 aliphatic carbocycles. The van der Waals surface area contributed by atoms with Gasteiger partial charge in [0.05, 0.1) is 0 Å². The molecular weight excluding hydrogens is 626 g/mol. The van der Waals surface area contributed by atoms with Crippen LogP contribution in [0.25, 0.3) is 10.4 Å². The van der Waals surface area contributed by atoms with Gasteiger partial charge in [0.2, 0.25) is 0 Å². The fourth-order valence-corrected chi connectivity index (χ4v) is 4.63. The summed E-state index contributed by atoms with van der Waals surface area (Å²) in [5.74, 6) is -6.10. The van der Waals surface area contributed by atoms with Crippen molar-refractivity contribution in [3.05, 3.63) is 10.4 Å². The Morgan fingerprint density at radius 2 is 0.935 bits per heavy atom. The summed E-state index contributed by atoms with van der Waals surface area (Å²) >= 11 is 0.